The monoisotopic (exact) mass is 373 g/mol. The number of imide groups is 2. The van der Waals surface area contributed by atoms with E-state index in [4.69, 9.17) is 4.74 Å². The van der Waals surface area contributed by atoms with Crippen molar-refractivity contribution in [3.8, 4) is 5.75 Å². The Kier molecular flexibility index (Phi) is 5.43. The lowest BCUT2D eigenvalue weighted by Gasteiger charge is -2.34. The first-order chi connectivity index (χ1) is 12.9. The second kappa shape index (κ2) is 7.77. The molecule has 1 aromatic rings. The summed E-state index contributed by atoms with van der Waals surface area (Å²) in [5.41, 5.74) is 0.475. The van der Waals surface area contributed by atoms with Crippen molar-refractivity contribution in [1.82, 2.24) is 9.80 Å². The summed E-state index contributed by atoms with van der Waals surface area (Å²) in [7, 11) is 1.51. The molecule has 3 rings (SSSR count). The summed E-state index contributed by atoms with van der Waals surface area (Å²) in [6.07, 6.45) is 3.56. The highest BCUT2D eigenvalue weighted by molar-refractivity contribution is 6.45. The standard InChI is InChI=1S/C19H23N3O5/c1-12-6-3-4-9-15(12)22-18(25)17(24)21(19(22)26)11-16(23)20-13-7-5-8-14(10-13)27-2/h5,7-8,10,12,15H,3-4,6,9,11H2,1-2H3,(H,20,23)/t12-,15-/m1/s1. The van der Waals surface area contributed by atoms with E-state index in [-0.39, 0.29) is 12.0 Å². The molecule has 1 saturated carbocycles. The Balaban J connectivity index is 1.69. The van der Waals surface area contributed by atoms with Gasteiger partial charge in [-0.3, -0.25) is 19.3 Å². The second-order valence-electron chi connectivity index (χ2n) is 6.96. The van der Waals surface area contributed by atoms with E-state index in [0.717, 1.165) is 29.1 Å². The van der Waals surface area contributed by atoms with Gasteiger partial charge in [-0.15, -0.1) is 0 Å². The van der Waals surface area contributed by atoms with Gasteiger partial charge in [0.1, 0.15) is 12.3 Å². The third kappa shape index (κ3) is 3.79. The molecule has 1 N–H and O–H groups in total. The van der Waals surface area contributed by atoms with Crippen LogP contribution in [0.1, 0.15) is 32.6 Å². The molecule has 0 bridgehead atoms. The Labute approximate surface area is 157 Å². The van der Waals surface area contributed by atoms with Crippen molar-refractivity contribution in [3.05, 3.63) is 24.3 Å². The highest BCUT2D eigenvalue weighted by atomic mass is 16.5. The normalized spacial score (nSPS) is 23.0. The van der Waals surface area contributed by atoms with Crippen LogP contribution in [0.5, 0.6) is 5.75 Å². The third-order valence-corrected chi connectivity index (χ3v) is 5.14. The van der Waals surface area contributed by atoms with E-state index in [2.05, 4.69) is 5.32 Å². The minimum atomic E-state index is -0.946. The first-order valence-corrected chi connectivity index (χ1v) is 9.05. The molecule has 2 fully saturated rings. The van der Waals surface area contributed by atoms with Gasteiger partial charge in [-0.1, -0.05) is 25.8 Å². The molecule has 8 nitrogen and oxygen atoms in total. The Morgan fingerprint density at radius 3 is 2.63 bits per heavy atom. The highest BCUT2D eigenvalue weighted by Gasteiger charge is 2.49. The lowest BCUT2D eigenvalue weighted by Crippen LogP contribution is -2.46. The maximum atomic E-state index is 12.7. The zero-order chi connectivity index (χ0) is 19.6. The number of amides is 5. The number of anilines is 1. The van der Waals surface area contributed by atoms with Crippen LogP contribution in [0, 0.1) is 5.92 Å². The van der Waals surface area contributed by atoms with Gasteiger partial charge in [0, 0.05) is 17.8 Å². The van der Waals surface area contributed by atoms with Gasteiger partial charge < -0.3 is 10.1 Å². The van der Waals surface area contributed by atoms with Crippen LogP contribution < -0.4 is 10.1 Å². The summed E-state index contributed by atoms with van der Waals surface area (Å²) in [6, 6.07) is 5.72. The number of methoxy groups -OCH3 is 1. The van der Waals surface area contributed by atoms with Crippen molar-refractivity contribution in [3.63, 3.8) is 0 Å². The molecule has 8 heteroatoms. The molecular formula is C19H23N3O5. The van der Waals surface area contributed by atoms with Crippen LogP contribution in [0.3, 0.4) is 0 Å². The fraction of sp³-hybridized carbons (Fsp3) is 0.474. The number of urea groups is 1. The van der Waals surface area contributed by atoms with E-state index in [0.29, 0.717) is 17.9 Å². The maximum absolute atomic E-state index is 12.7. The molecule has 27 heavy (non-hydrogen) atoms. The Morgan fingerprint density at radius 2 is 1.93 bits per heavy atom. The summed E-state index contributed by atoms with van der Waals surface area (Å²) >= 11 is 0. The van der Waals surface area contributed by atoms with Crippen molar-refractivity contribution in [1.29, 1.82) is 0 Å². The quantitative estimate of drug-likeness (QED) is 0.629. The number of hydrogen-bond acceptors (Lipinski definition) is 5. The molecule has 1 aliphatic heterocycles. The average Bonchev–Trinajstić information content (AvgIpc) is 2.86. The molecule has 0 spiro atoms. The number of carbonyl (C=O) groups is 4. The number of benzene rings is 1. The Morgan fingerprint density at radius 1 is 1.19 bits per heavy atom. The zero-order valence-corrected chi connectivity index (χ0v) is 15.4. The van der Waals surface area contributed by atoms with E-state index >= 15 is 0 Å². The van der Waals surface area contributed by atoms with Crippen molar-refractivity contribution in [2.75, 3.05) is 19.0 Å². The molecule has 1 saturated heterocycles. The van der Waals surface area contributed by atoms with Gasteiger partial charge in [0.25, 0.3) is 0 Å². The van der Waals surface area contributed by atoms with Crippen molar-refractivity contribution in [2.45, 2.75) is 38.6 Å². The molecule has 144 valence electrons. The minimum absolute atomic E-state index is 0.144. The summed E-state index contributed by atoms with van der Waals surface area (Å²) in [5.74, 6) is -1.64. The molecule has 0 aromatic heterocycles. The van der Waals surface area contributed by atoms with Crippen LogP contribution in [0.25, 0.3) is 0 Å². The molecule has 2 atom stereocenters. The number of nitrogens with zero attached hydrogens (tertiary/aromatic N) is 2. The predicted octanol–water partition coefficient (Wildman–Crippen LogP) is 2.00. The molecule has 1 heterocycles. The van der Waals surface area contributed by atoms with Gasteiger partial charge in [-0.25, -0.2) is 9.69 Å². The topological polar surface area (TPSA) is 96.0 Å². The van der Waals surface area contributed by atoms with E-state index in [1.807, 2.05) is 6.92 Å². The van der Waals surface area contributed by atoms with Gasteiger partial charge in [0.15, 0.2) is 0 Å². The average molecular weight is 373 g/mol. The zero-order valence-electron chi connectivity index (χ0n) is 15.4. The number of ether oxygens (including phenoxy) is 1. The fourth-order valence-corrected chi connectivity index (χ4v) is 3.68. The summed E-state index contributed by atoms with van der Waals surface area (Å²) < 4.78 is 5.09. The predicted molar refractivity (Wildman–Crippen MR) is 97.0 cm³/mol. The lowest BCUT2D eigenvalue weighted by molar-refractivity contribution is -0.145. The van der Waals surface area contributed by atoms with E-state index in [9.17, 15) is 19.2 Å². The maximum Gasteiger partial charge on any atom is 0.334 e. The van der Waals surface area contributed by atoms with Gasteiger partial charge in [-0.05, 0) is 30.9 Å². The summed E-state index contributed by atoms with van der Waals surface area (Å²) in [6.45, 7) is 1.48. The number of rotatable bonds is 5. The number of nitrogens with one attached hydrogen (secondary N) is 1. The Hall–Kier alpha value is -2.90. The van der Waals surface area contributed by atoms with Crippen molar-refractivity contribution in [2.24, 2.45) is 5.92 Å². The van der Waals surface area contributed by atoms with Gasteiger partial charge in [0.05, 0.1) is 7.11 Å². The molecule has 0 unspecified atom stereocenters. The molecule has 0 radical (unpaired) electrons. The molecule has 2 aliphatic rings. The van der Waals surface area contributed by atoms with E-state index in [1.54, 1.807) is 24.3 Å². The highest BCUT2D eigenvalue weighted by Crippen LogP contribution is 2.31. The molecule has 1 aromatic carbocycles. The van der Waals surface area contributed by atoms with Crippen LogP contribution in [-0.2, 0) is 14.4 Å². The Bertz CT molecular complexity index is 778. The van der Waals surface area contributed by atoms with Crippen LogP contribution >= 0.6 is 0 Å². The van der Waals surface area contributed by atoms with Crippen molar-refractivity contribution >= 4 is 29.4 Å². The van der Waals surface area contributed by atoms with Crippen LogP contribution in [0.2, 0.25) is 0 Å². The van der Waals surface area contributed by atoms with E-state index < -0.39 is 30.3 Å². The largest absolute Gasteiger partial charge is 0.497 e. The molecule has 1 aliphatic carbocycles. The molecule has 5 amide bonds. The summed E-state index contributed by atoms with van der Waals surface area (Å²) in [4.78, 5) is 51.4. The van der Waals surface area contributed by atoms with Gasteiger partial charge in [-0.2, -0.15) is 0 Å². The van der Waals surface area contributed by atoms with Crippen LogP contribution in [0.15, 0.2) is 24.3 Å². The summed E-state index contributed by atoms with van der Waals surface area (Å²) in [5, 5.41) is 2.61. The van der Waals surface area contributed by atoms with Crippen LogP contribution in [0.4, 0.5) is 10.5 Å². The van der Waals surface area contributed by atoms with E-state index in [1.165, 1.54) is 7.11 Å². The SMILES string of the molecule is COc1cccc(NC(=O)CN2C(=O)C(=O)N([C@@H]3CCCC[C@H]3C)C2=O)c1. The molecular weight excluding hydrogens is 350 g/mol. The van der Waals surface area contributed by atoms with Crippen LogP contribution in [-0.4, -0.2) is 53.2 Å². The lowest BCUT2D eigenvalue weighted by atomic mass is 9.85. The van der Waals surface area contributed by atoms with Gasteiger partial charge >= 0.3 is 17.8 Å². The minimum Gasteiger partial charge on any atom is -0.497 e. The van der Waals surface area contributed by atoms with Crippen molar-refractivity contribution < 1.29 is 23.9 Å². The first-order valence-electron chi connectivity index (χ1n) is 9.05. The van der Waals surface area contributed by atoms with Gasteiger partial charge in [0.2, 0.25) is 5.91 Å². The smallest absolute Gasteiger partial charge is 0.334 e. The number of carbonyl (C=O) groups excluding carboxylic acids is 4. The first kappa shape index (κ1) is 18.9. The fourth-order valence-electron chi connectivity index (χ4n) is 3.68. The number of hydrogen-bond donors (Lipinski definition) is 1. The third-order valence-electron chi connectivity index (χ3n) is 5.14. The second-order valence-corrected chi connectivity index (χ2v) is 6.96.